The van der Waals surface area contributed by atoms with Gasteiger partial charge in [-0.15, -0.1) is 0 Å². The quantitative estimate of drug-likeness (QED) is 0.883. The number of nitrogens with zero attached hydrogens (tertiary/aromatic N) is 3. The third kappa shape index (κ3) is 2.82. The molecule has 1 fully saturated rings. The van der Waals surface area contributed by atoms with Crippen molar-refractivity contribution < 1.29 is 8.42 Å². The Labute approximate surface area is 114 Å². The van der Waals surface area contributed by atoms with E-state index in [4.69, 9.17) is 5.73 Å². The summed E-state index contributed by atoms with van der Waals surface area (Å²) in [6, 6.07) is 1.83. The molecule has 1 aromatic heterocycles. The predicted molar refractivity (Wildman–Crippen MR) is 73.0 cm³/mol. The van der Waals surface area contributed by atoms with Crippen LogP contribution in [0.3, 0.4) is 0 Å². The van der Waals surface area contributed by atoms with Gasteiger partial charge in [0, 0.05) is 25.7 Å². The van der Waals surface area contributed by atoms with Gasteiger partial charge in [0.25, 0.3) is 10.0 Å². The molecule has 2 rings (SSSR count). The molecule has 0 bridgehead atoms. The van der Waals surface area contributed by atoms with Gasteiger partial charge in [-0.3, -0.25) is 4.68 Å². The summed E-state index contributed by atoms with van der Waals surface area (Å²) in [6.45, 7) is 2.36. The third-order valence-corrected chi connectivity index (χ3v) is 5.91. The standard InChI is InChI=1S/C12H22N4O2S/c1-3-16(11-6-4-10(13)5-7-11)19(17,18)12-8-9-14-15(12)2/h8-11H,3-7,13H2,1-2H3. The summed E-state index contributed by atoms with van der Waals surface area (Å²) in [4.78, 5) is 0. The molecule has 19 heavy (non-hydrogen) atoms. The molecule has 0 radical (unpaired) electrons. The number of nitrogens with two attached hydrogens (primary N) is 1. The molecule has 0 spiro atoms. The number of aromatic nitrogens is 2. The first-order valence-electron chi connectivity index (χ1n) is 6.72. The average Bonchev–Trinajstić information content (AvgIpc) is 2.79. The van der Waals surface area contributed by atoms with Gasteiger partial charge in [-0.1, -0.05) is 6.92 Å². The molecule has 6 nitrogen and oxygen atoms in total. The molecule has 108 valence electrons. The highest BCUT2D eigenvalue weighted by Crippen LogP contribution is 2.26. The van der Waals surface area contributed by atoms with Crippen molar-refractivity contribution in [1.29, 1.82) is 0 Å². The first-order valence-corrected chi connectivity index (χ1v) is 8.16. The fourth-order valence-electron chi connectivity index (χ4n) is 2.75. The molecule has 0 amide bonds. The minimum absolute atomic E-state index is 0.0599. The molecule has 1 aliphatic rings. The van der Waals surface area contributed by atoms with E-state index in [1.165, 1.54) is 10.9 Å². The highest BCUT2D eigenvalue weighted by Gasteiger charge is 2.33. The Bertz CT molecular complexity index is 518. The molecule has 0 saturated heterocycles. The van der Waals surface area contributed by atoms with Crippen LogP contribution in [0.2, 0.25) is 0 Å². The molecular weight excluding hydrogens is 264 g/mol. The highest BCUT2D eigenvalue weighted by atomic mass is 32.2. The van der Waals surface area contributed by atoms with E-state index in [1.54, 1.807) is 17.4 Å². The van der Waals surface area contributed by atoms with E-state index in [0.717, 1.165) is 25.7 Å². The van der Waals surface area contributed by atoms with Crippen LogP contribution < -0.4 is 5.73 Å². The Balaban J connectivity index is 2.24. The monoisotopic (exact) mass is 286 g/mol. The van der Waals surface area contributed by atoms with E-state index in [2.05, 4.69) is 5.10 Å². The van der Waals surface area contributed by atoms with E-state index in [9.17, 15) is 8.42 Å². The SMILES string of the molecule is CCN(C1CCC(N)CC1)S(=O)(=O)c1ccnn1C. The molecule has 0 unspecified atom stereocenters. The molecule has 7 heteroatoms. The van der Waals surface area contributed by atoms with Crippen LogP contribution in [-0.4, -0.2) is 41.1 Å². The van der Waals surface area contributed by atoms with Crippen LogP contribution in [0.15, 0.2) is 17.3 Å². The molecule has 1 aromatic rings. The second-order valence-corrected chi connectivity index (χ2v) is 6.91. The van der Waals surface area contributed by atoms with Crippen molar-refractivity contribution >= 4 is 10.0 Å². The summed E-state index contributed by atoms with van der Waals surface area (Å²) in [5.74, 6) is 0. The zero-order valence-electron chi connectivity index (χ0n) is 11.5. The second kappa shape index (κ2) is 5.60. The van der Waals surface area contributed by atoms with Gasteiger partial charge in [0.05, 0.1) is 6.20 Å². The minimum Gasteiger partial charge on any atom is -0.328 e. The van der Waals surface area contributed by atoms with E-state index in [1.807, 2.05) is 6.92 Å². The van der Waals surface area contributed by atoms with Gasteiger partial charge in [0.15, 0.2) is 5.03 Å². The zero-order chi connectivity index (χ0) is 14.0. The Morgan fingerprint density at radius 1 is 1.42 bits per heavy atom. The van der Waals surface area contributed by atoms with Gasteiger partial charge in [-0.05, 0) is 31.7 Å². The van der Waals surface area contributed by atoms with Gasteiger partial charge in [0.2, 0.25) is 0 Å². The van der Waals surface area contributed by atoms with Gasteiger partial charge in [0.1, 0.15) is 0 Å². The summed E-state index contributed by atoms with van der Waals surface area (Å²) in [5.41, 5.74) is 5.88. The van der Waals surface area contributed by atoms with E-state index in [0.29, 0.717) is 6.54 Å². The van der Waals surface area contributed by atoms with Crippen LogP contribution in [0.5, 0.6) is 0 Å². The zero-order valence-corrected chi connectivity index (χ0v) is 12.3. The highest BCUT2D eigenvalue weighted by molar-refractivity contribution is 7.89. The number of hydrogen-bond acceptors (Lipinski definition) is 4. The first-order chi connectivity index (χ1) is 8.96. The predicted octanol–water partition coefficient (Wildman–Crippen LogP) is 0.701. The second-order valence-electron chi connectivity index (χ2n) is 5.07. The van der Waals surface area contributed by atoms with E-state index >= 15 is 0 Å². The number of rotatable bonds is 4. The van der Waals surface area contributed by atoms with Crippen molar-refractivity contribution in [3.63, 3.8) is 0 Å². The number of aryl methyl sites for hydroxylation is 1. The molecular formula is C12H22N4O2S. The lowest BCUT2D eigenvalue weighted by Gasteiger charge is -2.34. The molecule has 1 saturated carbocycles. The fourth-order valence-corrected chi connectivity index (χ4v) is 4.55. The summed E-state index contributed by atoms with van der Waals surface area (Å²) < 4.78 is 28.3. The molecule has 0 aliphatic heterocycles. The fraction of sp³-hybridized carbons (Fsp3) is 0.750. The maximum absolute atomic E-state index is 12.7. The Morgan fingerprint density at radius 3 is 2.53 bits per heavy atom. The summed E-state index contributed by atoms with van der Waals surface area (Å²) in [6.07, 6.45) is 4.97. The Hall–Kier alpha value is -0.920. The molecule has 0 aromatic carbocycles. The Morgan fingerprint density at radius 2 is 2.05 bits per heavy atom. The number of sulfonamides is 1. The van der Waals surface area contributed by atoms with Crippen LogP contribution in [0.25, 0.3) is 0 Å². The van der Waals surface area contributed by atoms with Crippen LogP contribution in [-0.2, 0) is 17.1 Å². The average molecular weight is 286 g/mol. The van der Waals surface area contributed by atoms with Gasteiger partial charge < -0.3 is 5.73 Å². The lowest BCUT2D eigenvalue weighted by Crippen LogP contribution is -2.44. The maximum Gasteiger partial charge on any atom is 0.260 e. The maximum atomic E-state index is 12.7. The van der Waals surface area contributed by atoms with Crippen LogP contribution >= 0.6 is 0 Å². The van der Waals surface area contributed by atoms with Crippen molar-refractivity contribution in [2.24, 2.45) is 12.8 Å². The van der Waals surface area contributed by atoms with Gasteiger partial charge in [-0.25, -0.2) is 8.42 Å². The largest absolute Gasteiger partial charge is 0.328 e. The van der Waals surface area contributed by atoms with Crippen LogP contribution in [0.4, 0.5) is 0 Å². The van der Waals surface area contributed by atoms with Crippen molar-refractivity contribution in [3.05, 3.63) is 12.3 Å². The van der Waals surface area contributed by atoms with Gasteiger partial charge >= 0.3 is 0 Å². The van der Waals surface area contributed by atoms with Crippen molar-refractivity contribution in [2.75, 3.05) is 6.54 Å². The van der Waals surface area contributed by atoms with Crippen LogP contribution in [0.1, 0.15) is 32.6 Å². The summed E-state index contributed by atoms with van der Waals surface area (Å²) in [5, 5.41) is 4.20. The third-order valence-electron chi connectivity index (χ3n) is 3.81. The van der Waals surface area contributed by atoms with E-state index < -0.39 is 10.0 Å². The Kier molecular flexibility index (Phi) is 4.27. The van der Waals surface area contributed by atoms with Crippen molar-refractivity contribution in [1.82, 2.24) is 14.1 Å². The topological polar surface area (TPSA) is 81.2 Å². The lowest BCUT2D eigenvalue weighted by molar-refractivity contribution is 0.246. The normalized spacial score (nSPS) is 24.8. The molecule has 1 heterocycles. The lowest BCUT2D eigenvalue weighted by atomic mass is 9.92. The molecule has 0 atom stereocenters. The van der Waals surface area contributed by atoms with E-state index in [-0.39, 0.29) is 17.1 Å². The molecule has 2 N–H and O–H groups in total. The number of hydrogen-bond donors (Lipinski definition) is 1. The van der Waals surface area contributed by atoms with Crippen LogP contribution in [0, 0.1) is 0 Å². The smallest absolute Gasteiger partial charge is 0.260 e. The summed E-state index contributed by atoms with van der Waals surface area (Å²) >= 11 is 0. The molecule has 1 aliphatic carbocycles. The first kappa shape index (κ1) is 14.5. The van der Waals surface area contributed by atoms with Gasteiger partial charge in [-0.2, -0.15) is 9.40 Å². The minimum atomic E-state index is -3.46. The van der Waals surface area contributed by atoms with Crippen molar-refractivity contribution in [2.45, 2.75) is 49.7 Å². The summed E-state index contributed by atoms with van der Waals surface area (Å²) in [7, 11) is -1.81. The van der Waals surface area contributed by atoms with Crippen molar-refractivity contribution in [3.8, 4) is 0 Å².